The lowest BCUT2D eigenvalue weighted by molar-refractivity contribution is 0.628. The summed E-state index contributed by atoms with van der Waals surface area (Å²) < 4.78 is 14.6. The van der Waals surface area contributed by atoms with E-state index in [2.05, 4.69) is 15.5 Å². The van der Waals surface area contributed by atoms with Gasteiger partial charge in [0.25, 0.3) is 0 Å². The smallest absolute Gasteiger partial charge is 0.189 e. The van der Waals surface area contributed by atoms with Crippen LogP contribution in [0.1, 0.15) is 0 Å². The maximum atomic E-state index is 13.2. The van der Waals surface area contributed by atoms with Crippen molar-refractivity contribution in [3.05, 3.63) is 52.3 Å². The van der Waals surface area contributed by atoms with Crippen molar-refractivity contribution >= 4 is 28.9 Å². The van der Waals surface area contributed by atoms with Crippen molar-refractivity contribution in [2.45, 2.75) is 0 Å². The number of nitrogens with two attached hydrogens (primary N) is 1. The third kappa shape index (κ3) is 2.55. The van der Waals surface area contributed by atoms with E-state index in [1.807, 2.05) is 0 Å². The summed E-state index contributed by atoms with van der Waals surface area (Å²) in [6.45, 7) is 0. The van der Waals surface area contributed by atoms with Gasteiger partial charge in [0, 0.05) is 16.3 Å². The topological polar surface area (TPSA) is 69.6 Å². The molecular formula is C13H8Cl2FN5. The minimum absolute atomic E-state index is 0.226. The molecule has 0 aliphatic rings. The van der Waals surface area contributed by atoms with Gasteiger partial charge < -0.3 is 5.73 Å². The minimum Gasteiger partial charge on any atom is -0.398 e. The molecule has 2 N–H and O–H groups in total. The van der Waals surface area contributed by atoms with Crippen LogP contribution in [0.3, 0.4) is 0 Å². The number of rotatable bonds is 2. The van der Waals surface area contributed by atoms with Gasteiger partial charge in [-0.1, -0.05) is 23.2 Å². The van der Waals surface area contributed by atoms with Crippen LogP contribution in [0.15, 0.2) is 36.4 Å². The molecule has 0 amide bonds. The molecule has 3 rings (SSSR count). The van der Waals surface area contributed by atoms with Gasteiger partial charge in [0.15, 0.2) is 5.82 Å². The lowest BCUT2D eigenvalue weighted by Crippen LogP contribution is -2.02. The molecule has 0 saturated carbocycles. The second-order valence-corrected chi connectivity index (χ2v) is 5.09. The minimum atomic E-state index is -0.434. The summed E-state index contributed by atoms with van der Waals surface area (Å²) in [4.78, 5) is 0. The highest BCUT2D eigenvalue weighted by Crippen LogP contribution is 2.29. The first kappa shape index (κ1) is 13.8. The zero-order valence-electron chi connectivity index (χ0n) is 10.5. The first-order chi connectivity index (χ1) is 10.1. The molecule has 0 spiro atoms. The van der Waals surface area contributed by atoms with E-state index >= 15 is 0 Å². The van der Waals surface area contributed by atoms with Gasteiger partial charge in [-0.3, -0.25) is 0 Å². The van der Waals surface area contributed by atoms with Gasteiger partial charge in [0.05, 0.1) is 10.7 Å². The van der Waals surface area contributed by atoms with Gasteiger partial charge >= 0.3 is 0 Å². The molecule has 1 heterocycles. The molecule has 106 valence electrons. The SMILES string of the molecule is Nc1cc(F)ccc1-c1nnnn1-c1cc(Cl)ccc1Cl. The Bertz CT molecular complexity index is 818. The number of hydrogen-bond donors (Lipinski definition) is 1. The molecule has 21 heavy (non-hydrogen) atoms. The highest BCUT2D eigenvalue weighted by atomic mass is 35.5. The van der Waals surface area contributed by atoms with Gasteiger partial charge in [0.1, 0.15) is 5.82 Å². The summed E-state index contributed by atoms with van der Waals surface area (Å²) in [5.74, 6) is -0.0901. The van der Waals surface area contributed by atoms with Crippen LogP contribution < -0.4 is 5.73 Å². The normalized spacial score (nSPS) is 10.8. The quantitative estimate of drug-likeness (QED) is 0.734. The predicted octanol–water partition coefficient (Wildman–Crippen LogP) is 3.36. The number of tetrazole rings is 1. The van der Waals surface area contributed by atoms with E-state index in [-0.39, 0.29) is 5.69 Å². The summed E-state index contributed by atoms with van der Waals surface area (Å²) >= 11 is 12.1. The van der Waals surface area contributed by atoms with E-state index in [9.17, 15) is 4.39 Å². The molecular weight excluding hydrogens is 316 g/mol. The maximum absolute atomic E-state index is 13.2. The molecule has 0 bridgehead atoms. The highest BCUT2D eigenvalue weighted by Gasteiger charge is 2.16. The van der Waals surface area contributed by atoms with Crippen molar-refractivity contribution in [1.29, 1.82) is 0 Å². The van der Waals surface area contributed by atoms with Crippen LogP contribution in [0, 0.1) is 5.82 Å². The Labute approximate surface area is 129 Å². The molecule has 8 heteroatoms. The molecule has 5 nitrogen and oxygen atoms in total. The zero-order chi connectivity index (χ0) is 15.0. The molecule has 0 saturated heterocycles. The van der Waals surface area contributed by atoms with Crippen molar-refractivity contribution in [2.75, 3.05) is 5.73 Å². The number of aromatic nitrogens is 4. The first-order valence-corrected chi connectivity index (χ1v) is 6.61. The molecule has 0 atom stereocenters. The lowest BCUT2D eigenvalue weighted by atomic mass is 10.1. The van der Waals surface area contributed by atoms with Gasteiger partial charge in [-0.2, -0.15) is 4.68 Å². The van der Waals surface area contributed by atoms with Crippen LogP contribution in [-0.2, 0) is 0 Å². The van der Waals surface area contributed by atoms with E-state index in [4.69, 9.17) is 28.9 Å². The van der Waals surface area contributed by atoms with E-state index < -0.39 is 5.82 Å². The van der Waals surface area contributed by atoms with Crippen molar-refractivity contribution in [3.63, 3.8) is 0 Å². The summed E-state index contributed by atoms with van der Waals surface area (Å²) in [5, 5.41) is 12.3. The van der Waals surface area contributed by atoms with Crippen LogP contribution >= 0.6 is 23.2 Å². The summed E-state index contributed by atoms with van der Waals surface area (Å²) in [6.07, 6.45) is 0. The Morgan fingerprint density at radius 2 is 1.90 bits per heavy atom. The van der Waals surface area contributed by atoms with Gasteiger partial charge in [-0.15, -0.1) is 5.10 Å². The largest absolute Gasteiger partial charge is 0.398 e. The number of nitrogen functional groups attached to an aromatic ring is 1. The van der Waals surface area contributed by atoms with Gasteiger partial charge in [-0.25, -0.2) is 4.39 Å². The molecule has 0 unspecified atom stereocenters. The van der Waals surface area contributed by atoms with Gasteiger partial charge in [0.2, 0.25) is 0 Å². The Balaban J connectivity index is 2.19. The zero-order valence-corrected chi connectivity index (χ0v) is 12.0. The van der Waals surface area contributed by atoms with E-state index in [0.29, 0.717) is 27.1 Å². The van der Waals surface area contributed by atoms with Crippen molar-refractivity contribution in [1.82, 2.24) is 20.2 Å². The van der Waals surface area contributed by atoms with Crippen LogP contribution in [0.25, 0.3) is 17.1 Å². The third-order valence-corrected chi connectivity index (χ3v) is 3.42. The molecule has 3 aromatic rings. The van der Waals surface area contributed by atoms with E-state index in [0.717, 1.165) is 0 Å². The van der Waals surface area contributed by atoms with Crippen molar-refractivity contribution in [2.24, 2.45) is 0 Å². The molecule has 1 aromatic heterocycles. The van der Waals surface area contributed by atoms with Crippen molar-refractivity contribution < 1.29 is 4.39 Å². The summed E-state index contributed by atoms with van der Waals surface area (Å²) in [6, 6.07) is 8.91. The standard InChI is InChI=1S/C13H8Cl2FN5/c14-7-1-4-10(15)12(5-7)21-13(18-19-20-21)9-3-2-8(16)6-11(9)17/h1-6H,17H2. The fourth-order valence-corrected chi connectivity index (χ4v) is 2.27. The monoisotopic (exact) mass is 323 g/mol. The predicted molar refractivity (Wildman–Crippen MR) is 79.0 cm³/mol. The molecule has 0 aliphatic heterocycles. The number of anilines is 1. The fourth-order valence-electron chi connectivity index (χ4n) is 1.90. The Morgan fingerprint density at radius 1 is 1.10 bits per heavy atom. The third-order valence-electron chi connectivity index (χ3n) is 2.86. The fraction of sp³-hybridized carbons (Fsp3) is 0. The molecule has 0 radical (unpaired) electrons. The molecule has 2 aromatic carbocycles. The van der Waals surface area contributed by atoms with Crippen LogP contribution in [0.5, 0.6) is 0 Å². The Hall–Kier alpha value is -2.18. The first-order valence-electron chi connectivity index (χ1n) is 5.85. The number of hydrogen-bond acceptors (Lipinski definition) is 4. The maximum Gasteiger partial charge on any atom is 0.189 e. The molecule has 0 aliphatic carbocycles. The second kappa shape index (κ2) is 5.31. The van der Waals surface area contributed by atoms with Gasteiger partial charge in [-0.05, 0) is 46.8 Å². The highest BCUT2D eigenvalue weighted by molar-refractivity contribution is 6.34. The lowest BCUT2D eigenvalue weighted by Gasteiger charge is -2.08. The second-order valence-electron chi connectivity index (χ2n) is 4.24. The average molecular weight is 324 g/mol. The molecule has 0 fully saturated rings. The van der Waals surface area contributed by atoms with Crippen LogP contribution in [-0.4, -0.2) is 20.2 Å². The summed E-state index contributed by atoms with van der Waals surface area (Å²) in [5.41, 5.74) is 7.05. The number of halogens is 3. The summed E-state index contributed by atoms with van der Waals surface area (Å²) in [7, 11) is 0. The van der Waals surface area contributed by atoms with E-state index in [1.165, 1.54) is 22.9 Å². The number of nitrogens with zero attached hydrogens (tertiary/aromatic N) is 4. The number of benzene rings is 2. The van der Waals surface area contributed by atoms with Crippen LogP contribution in [0.2, 0.25) is 10.0 Å². The van der Waals surface area contributed by atoms with E-state index in [1.54, 1.807) is 18.2 Å². The average Bonchev–Trinajstić information content (AvgIpc) is 2.90. The van der Waals surface area contributed by atoms with Crippen molar-refractivity contribution in [3.8, 4) is 17.1 Å². The Morgan fingerprint density at radius 3 is 2.67 bits per heavy atom. The van der Waals surface area contributed by atoms with Crippen LogP contribution in [0.4, 0.5) is 10.1 Å². The Kier molecular flexibility index (Phi) is 3.48.